The molecular formula is C19H15ClN4O3. The van der Waals surface area contributed by atoms with E-state index >= 15 is 0 Å². The van der Waals surface area contributed by atoms with E-state index in [0.717, 1.165) is 17.7 Å². The first-order valence-electron chi connectivity index (χ1n) is 8.37. The molecule has 1 N–H and O–H groups in total. The molecule has 0 amide bonds. The number of benzene rings is 2. The van der Waals surface area contributed by atoms with E-state index in [9.17, 15) is 10.1 Å². The highest BCUT2D eigenvalue weighted by Crippen LogP contribution is 2.35. The molecule has 8 heteroatoms. The van der Waals surface area contributed by atoms with Crippen LogP contribution in [0.5, 0.6) is 5.75 Å². The molecule has 1 unspecified atom stereocenters. The van der Waals surface area contributed by atoms with Gasteiger partial charge in [-0.15, -0.1) is 10.2 Å². The van der Waals surface area contributed by atoms with Gasteiger partial charge in [-0.1, -0.05) is 23.7 Å². The number of nitrogens with one attached hydrogen (secondary N) is 1. The molecule has 0 bridgehead atoms. The molecule has 4 rings (SSSR count). The number of anilines is 1. The van der Waals surface area contributed by atoms with Gasteiger partial charge in [-0.2, -0.15) is 0 Å². The summed E-state index contributed by atoms with van der Waals surface area (Å²) in [6, 6.07) is 15.5. The van der Waals surface area contributed by atoms with Crippen molar-refractivity contribution in [1.29, 1.82) is 0 Å². The normalized spacial score (nSPS) is 15.5. The zero-order valence-electron chi connectivity index (χ0n) is 14.1. The van der Waals surface area contributed by atoms with Crippen molar-refractivity contribution < 1.29 is 9.66 Å². The van der Waals surface area contributed by atoms with Crippen LogP contribution in [0.2, 0.25) is 5.02 Å². The Morgan fingerprint density at radius 2 is 2.04 bits per heavy atom. The Labute approximate surface area is 160 Å². The van der Waals surface area contributed by atoms with Crippen molar-refractivity contribution in [1.82, 2.24) is 10.2 Å². The topological polar surface area (TPSA) is 90.2 Å². The SMILES string of the molecule is O=[N+]([O-])c1cccc(-c2ccc(NC3CCOc4ccc(Cl)cc43)nn2)c1. The van der Waals surface area contributed by atoms with E-state index in [1.54, 1.807) is 30.3 Å². The van der Waals surface area contributed by atoms with E-state index in [1.165, 1.54) is 12.1 Å². The Bertz CT molecular complexity index is 994. The quantitative estimate of drug-likeness (QED) is 0.522. The van der Waals surface area contributed by atoms with E-state index in [4.69, 9.17) is 16.3 Å². The number of nitro groups is 1. The highest BCUT2D eigenvalue weighted by Gasteiger charge is 2.22. The van der Waals surface area contributed by atoms with E-state index < -0.39 is 4.92 Å². The number of halogens is 1. The van der Waals surface area contributed by atoms with Gasteiger partial charge in [0.1, 0.15) is 11.6 Å². The standard InChI is InChI=1S/C19H15ClN4O3/c20-13-4-6-18-15(11-13)17(8-9-27-18)21-19-7-5-16(22-23-19)12-2-1-3-14(10-12)24(25)26/h1-7,10-11,17H,8-9H2,(H,21,23). The number of aromatic nitrogens is 2. The predicted octanol–water partition coefficient (Wildman–Crippen LogP) is 4.64. The first kappa shape index (κ1) is 17.2. The fourth-order valence-corrected chi connectivity index (χ4v) is 3.22. The molecule has 136 valence electrons. The van der Waals surface area contributed by atoms with E-state index in [0.29, 0.717) is 28.7 Å². The maximum atomic E-state index is 10.9. The average Bonchev–Trinajstić information content (AvgIpc) is 2.69. The summed E-state index contributed by atoms with van der Waals surface area (Å²) in [5.41, 5.74) is 2.22. The van der Waals surface area contributed by atoms with E-state index in [1.807, 2.05) is 12.1 Å². The second kappa shape index (κ2) is 7.20. The van der Waals surface area contributed by atoms with E-state index in [-0.39, 0.29) is 11.7 Å². The van der Waals surface area contributed by atoms with Crippen molar-refractivity contribution >= 4 is 23.1 Å². The first-order valence-corrected chi connectivity index (χ1v) is 8.75. The summed E-state index contributed by atoms with van der Waals surface area (Å²) >= 11 is 6.11. The number of rotatable bonds is 4. The Morgan fingerprint density at radius 1 is 1.15 bits per heavy atom. The van der Waals surface area contributed by atoms with Gasteiger partial charge in [0.05, 0.1) is 23.3 Å². The van der Waals surface area contributed by atoms with Crippen LogP contribution in [0.3, 0.4) is 0 Å². The molecule has 2 heterocycles. The van der Waals surface area contributed by atoms with Crippen LogP contribution in [-0.4, -0.2) is 21.7 Å². The molecule has 1 aromatic heterocycles. The molecule has 1 atom stereocenters. The minimum Gasteiger partial charge on any atom is -0.493 e. The van der Waals surface area contributed by atoms with Gasteiger partial charge < -0.3 is 10.1 Å². The molecule has 0 spiro atoms. The van der Waals surface area contributed by atoms with Crippen LogP contribution >= 0.6 is 11.6 Å². The largest absolute Gasteiger partial charge is 0.493 e. The lowest BCUT2D eigenvalue weighted by Gasteiger charge is -2.27. The van der Waals surface area contributed by atoms with E-state index in [2.05, 4.69) is 15.5 Å². The minimum atomic E-state index is -0.430. The summed E-state index contributed by atoms with van der Waals surface area (Å²) in [4.78, 5) is 10.5. The number of non-ortho nitro benzene ring substituents is 1. The summed E-state index contributed by atoms with van der Waals surface area (Å²) in [5, 5.41) is 23.3. The first-order chi connectivity index (χ1) is 13.1. The van der Waals surface area contributed by atoms with Crippen molar-refractivity contribution in [3.63, 3.8) is 0 Å². The lowest BCUT2D eigenvalue weighted by Crippen LogP contribution is -2.21. The van der Waals surface area contributed by atoms with Crippen LogP contribution in [0.1, 0.15) is 18.0 Å². The molecule has 0 saturated carbocycles. The minimum absolute atomic E-state index is 0.0189. The van der Waals surface area contributed by atoms with Gasteiger partial charge in [-0.25, -0.2) is 0 Å². The Balaban J connectivity index is 1.55. The van der Waals surface area contributed by atoms with Gasteiger partial charge in [-0.3, -0.25) is 10.1 Å². The highest BCUT2D eigenvalue weighted by molar-refractivity contribution is 6.30. The molecule has 3 aromatic rings. The molecule has 1 aliphatic rings. The molecule has 27 heavy (non-hydrogen) atoms. The fourth-order valence-electron chi connectivity index (χ4n) is 3.04. The van der Waals surface area contributed by atoms with Crippen molar-refractivity contribution in [2.75, 3.05) is 11.9 Å². The summed E-state index contributed by atoms with van der Waals surface area (Å²) in [6.07, 6.45) is 0.779. The fraction of sp³-hybridized carbons (Fsp3) is 0.158. The van der Waals surface area contributed by atoms with Crippen molar-refractivity contribution in [3.8, 4) is 17.0 Å². The molecule has 7 nitrogen and oxygen atoms in total. The third-order valence-electron chi connectivity index (χ3n) is 4.35. The van der Waals surface area contributed by atoms with Gasteiger partial charge in [0, 0.05) is 34.7 Å². The molecule has 0 radical (unpaired) electrons. The smallest absolute Gasteiger partial charge is 0.270 e. The van der Waals surface area contributed by atoms with Crippen molar-refractivity contribution in [2.45, 2.75) is 12.5 Å². The monoisotopic (exact) mass is 382 g/mol. The van der Waals surface area contributed by atoms with Crippen LogP contribution in [0.15, 0.2) is 54.6 Å². The Morgan fingerprint density at radius 3 is 2.81 bits per heavy atom. The third-order valence-corrected chi connectivity index (χ3v) is 4.59. The van der Waals surface area contributed by atoms with Crippen LogP contribution in [-0.2, 0) is 0 Å². The summed E-state index contributed by atoms with van der Waals surface area (Å²) in [7, 11) is 0. The maximum absolute atomic E-state index is 10.9. The second-order valence-corrected chi connectivity index (χ2v) is 6.56. The highest BCUT2D eigenvalue weighted by atomic mass is 35.5. The number of nitrogens with zero attached hydrogens (tertiary/aromatic N) is 3. The van der Waals surface area contributed by atoms with Crippen LogP contribution < -0.4 is 10.1 Å². The summed E-state index contributed by atoms with van der Waals surface area (Å²) in [5.74, 6) is 1.42. The summed E-state index contributed by atoms with van der Waals surface area (Å²) < 4.78 is 5.66. The molecular weight excluding hydrogens is 368 g/mol. The predicted molar refractivity (Wildman–Crippen MR) is 102 cm³/mol. The Kier molecular flexibility index (Phi) is 4.60. The van der Waals surface area contributed by atoms with Crippen LogP contribution in [0.4, 0.5) is 11.5 Å². The lowest BCUT2D eigenvalue weighted by molar-refractivity contribution is -0.384. The van der Waals surface area contributed by atoms with Gasteiger partial charge in [0.25, 0.3) is 5.69 Å². The lowest BCUT2D eigenvalue weighted by atomic mass is 10.0. The zero-order chi connectivity index (χ0) is 18.8. The average molecular weight is 383 g/mol. The summed E-state index contributed by atoms with van der Waals surface area (Å²) in [6.45, 7) is 0.603. The number of ether oxygens (including phenoxy) is 1. The molecule has 1 aliphatic heterocycles. The number of hydrogen-bond acceptors (Lipinski definition) is 6. The van der Waals surface area contributed by atoms with Gasteiger partial charge in [0.15, 0.2) is 0 Å². The van der Waals surface area contributed by atoms with Gasteiger partial charge >= 0.3 is 0 Å². The van der Waals surface area contributed by atoms with Gasteiger partial charge in [-0.05, 0) is 30.3 Å². The molecule has 2 aromatic carbocycles. The van der Waals surface area contributed by atoms with Crippen LogP contribution in [0, 0.1) is 10.1 Å². The zero-order valence-corrected chi connectivity index (χ0v) is 14.9. The number of fused-ring (bicyclic) bond motifs is 1. The second-order valence-electron chi connectivity index (χ2n) is 6.13. The molecule has 0 fully saturated rings. The van der Waals surface area contributed by atoms with Crippen molar-refractivity contribution in [2.24, 2.45) is 0 Å². The molecule has 0 saturated heterocycles. The van der Waals surface area contributed by atoms with Crippen LogP contribution in [0.25, 0.3) is 11.3 Å². The third kappa shape index (κ3) is 3.68. The maximum Gasteiger partial charge on any atom is 0.270 e. The number of nitro benzene ring substituents is 1. The van der Waals surface area contributed by atoms with Gasteiger partial charge in [0.2, 0.25) is 0 Å². The molecule has 0 aliphatic carbocycles. The Hall–Kier alpha value is -3.19. The van der Waals surface area contributed by atoms with Crippen molar-refractivity contribution in [3.05, 3.63) is 75.3 Å². The number of hydrogen-bond donors (Lipinski definition) is 1.